The van der Waals surface area contributed by atoms with Crippen LogP contribution in [0.25, 0.3) is 0 Å². The molecule has 0 amide bonds. The Balaban J connectivity index is 2.74. The largest absolute Gasteiger partial charge is 0.497 e. The maximum Gasteiger partial charge on any atom is 0.122 e. The molecular weight excluding hydrogens is 230 g/mol. The van der Waals surface area contributed by atoms with Crippen LogP contribution in [-0.2, 0) is 4.74 Å². The molecule has 2 atom stereocenters. The smallest absolute Gasteiger partial charge is 0.122 e. The SMILES string of the molecule is COc1cc(OC)cc(C(N)CCC(C)OC)c1. The van der Waals surface area contributed by atoms with E-state index in [1.165, 1.54) is 0 Å². The van der Waals surface area contributed by atoms with Gasteiger partial charge in [0, 0.05) is 19.2 Å². The van der Waals surface area contributed by atoms with Crippen LogP contribution in [0.4, 0.5) is 0 Å². The van der Waals surface area contributed by atoms with Crippen molar-refractivity contribution in [2.75, 3.05) is 21.3 Å². The molecule has 0 bridgehead atoms. The van der Waals surface area contributed by atoms with Crippen LogP contribution in [0, 0.1) is 0 Å². The summed E-state index contributed by atoms with van der Waals surface area (Å²) in [4.78, 5) is 0. The van der Waals surface area contributed by atoms with E-state index in [4.69, 9.17) is 19.9 Å². The Morgan fingerprint density at radius 2 is 1.56 bits per heavy atom. The Bertz CT molecular complexity index is 346. The van der Waals surface area contributed by atoms with Gasteiger partial charge in [-0.25, -0.2) is 0 Å². The van der Waals surface area contributed by atoms with Crippen molar-refractivity contribution in [1.29, 1.82) is 0 Å². The maximum absolute atomic E-state index is 6.18. The number of nitrogens with two attached hydrogens (primary N) is 1. The zero-order chi connectivity index (χ0) is 13.5. The van der Waals surface area contributed by atoms with Gasteiger partial charge < -0.3 is 19.9 Å². The maximum atomic E-state index is 6.18. The fourth-order valence-corrected chi connectivity index (χ4v) is 1.74. The lowest BCUT2D eigenvalue weighted by Gasteiger charge is -2.16. The Morgan fingerprint density at radius 1 is 1.00 bits per heavy atom. The van der Waals surface area contributed by atoms with Crippen molar-refractivity contribution >= 4 is 0 Å². The van der Waals surface area contributed by atoms with Crippen molar-refractivity contribution in [3.05, 3.63) is 23.8 Å². The lowest BCUT2D eigenvalue weighted by molar-refractivity contribution is 0.107. The van der Waals surface area contributed by atoms with Crippen LogP contribution >= 0.6 is 0 Å². The summed E-state index contributed by atoms with van der Waals surface area (Å²) in [5, 5.41) is 0. The average Bonchev–Trinajstić information content (AvgIpc) is 2.43. The van der Waals surface area contributed by atoms with E-state index in [0.29, 0.717) is 0 Å². The van der Waals surface area contributed by atoms with Gasteiger partial charge >= 0.3 is 0 Å². The fourth-order valence-electron chi connectivity index (χ4n) is 1.74. The van der Waals surface area contributed by atoms with Gasteiger partial charge in [0.2, 0.25) is 0 Å². The summed E-state index contributed by atoms with van der Waals surface area (Å²) in [7, 11) is 4.99. The van der Waals surface area contributed by atoms with E-state index in [1.807, 2.05) is 25.1 Å². The summed E-state index contributed by atoms with van der Waals surface area (Å²) in [5.74, 6) is 1.53. The van der Waals surface area contributed by atoms with Crippen LogP contribution in [-0.4, -0.2) is 27.4 Å². The Morgan fingerprint density at radius 3 is 2.00 bits per heavy atom. The molecule has 1 aromatic rings. The first-order valence-corrected chi connectivity index (χ1v) is 6.12. The summed E-state index contributed by atoms with van der Waals surface area (Å²) >= 11 is 0. The van der Waals surface area contributed by atoms with Crippen LogP contribution in [0.15, 0.2) is 18.2 Å². The lowest BCUT2D eigenvalue weighted by atomic mass is 10.0. The number of ether oxygens (including phenoxy) is 3. The molecule has 0 aliphatic rings. The van der Waals surface area contributed by atoms with E-state index in [9.17, 15) is 0 Å². The van der Waals surface area contributed by atoms with Gasteiger partial charge in [0.25, 0.3) is 0 Å². The molecule has 4 nitrogen and oxygen atoms in total. The highest BCUT2D eigenvalue weighted by Gasteiger charge is 2.11. The normalized spacial score (nSPS) is 14.1. The molecule has 102 valence electrons. The van der Waals surface area contributed by atoms with Crippen molar-refractivity contribution in [3.63, 3.8) is 0 Å². The molecule has 0 saturated carbocycles. The molecule has 1 aromatic carbocycles. The van der Waals surface area contributed by atoms with Crippen LogP contribution in [0.2, 0.25) is 0 Å². The second-order valence-corrected chi connectivity index (χ2v) is 4.38. The predicted octanol–water partition coefficient (Wildman–Crippen LogP) is 2.52. The number of hydrogen-bond acceptors (Lipinski definition) is 4. The van der Waals surface area contributed by atoms with E-state index in [2.05, 4.69) is 0 Å². The number of rotatable bonds is 7. The number of benzene rings is 1. The first-order valence-electron chi connectivity index (χ1n) is 6.12. The standard InChI is InChI=1S/C14H23NO3/c1-10(16-2)5-6-14(15)11-7-12(17-3)9-13(8-11)18-4/h7-10,14H,5-6,15H2,1-4H3. The van der Waals surface area contributed by atoms with Crippen LogP contribution in [0.1, 0.15) is 31.4 Å². The molecule has 0 fully saturated rings. The van der Waals surface area contributed by atoms with Crippen LogP contribution in [0.3, 0.4) is 0 Å². The minimum atomic E-state index is -0.0356. The highest BCUT2D eigenvalue weighted by molar-refractivity contribution is 5.39. The van der Waals surface area contributed by atoms with Gasteiger partial charge in [-0.2, -0.15) is 0 Å². The third kappa shape index (κ3) is 4.20. The molecule has 0 aliphatic carbocycles. The highest BCUT2D eigenvalue weighted by Crippen LogP contribution is 2.27. The molecule has 18 heavy (non-hydrogen) atoms. The van der Waals surface area contributed by atoms with Crippen LogP contribution in [0.5, 0.6) is 11.5 Å². The Kier molecular flexibility index (Phi) is 5.95. The summed E-state index contributed by atoms with van der Waals surface area (Å²) in [6, 6.07) is 5.70. The van der Waals surface area contributed by atoms with Crippen molar-refractivity contribution in [3.8, 4) is 11.5 Å². The molecule has 2 N–H and O–H groups in total. The summed E-state index contributed by atoms with van der Waals surface area (Å²) in [6.07, 6.45) is 2.02. The van der Waals surface area contributed by atoms with Crippen LogP contribution < -0.4 is 15.2 Å². The van der Waals surface area contributed by atoms with E-state index >= 15 is 0 Å². The molecule has 0 spiro atoms. The Labute approximate surface area is 109 Å². The van der Waals surface area contributed by atoms with Gasteiger partial charge in [0.1, 0.15) is 11.5 Å². The summed E-state index contributed by atoms with van der Waals surface area (Å²) in [6.45, 7) is 2.04. The minimum absolute atomic E-state index is 0.0356. The van der Waals surface area contributed by atoms with Gasteiger partial charge in [-0.3, -0.25) is 0 Å². The first-order chi connectivity index (χ1) is 8.60. The highest BCUT2D eigenvalue weighted by atomic mass is 16.5. The molecule has 0 aliphatic heterocycles. The third-order valence-corrected chi connectivity index (χ3v) is 3.09. The van der Waals surface area contributed by atoms with Crippen molar-refractivity contribution in [2.45, 2.75) is 31.9 Å². The Hall–Kier alpha value is -1.26. The van der Waals surface area contributed by atoms with Gasteiger partial charge in [-0.1, -0.05) is 0 Å². The zero-order valence-electron chi connectivity index (χ0n) is 11.6. The lowest BCUT2D eigenvalue weighted by Crippen LogP contribution is -2.14. The molecule has 0 aromatic heterocycles. The molecule has 0 saturated heterocycles. The average molecular weight is 253 g/mol. The predicted molar refractivity (Wildman–Crippen MR) is 72.2 cm³/mol. The topological polar surface area (TPSA) is 53.7 Å². The van der Waals surface area contributed by atoms with Gasteiger partial charge in [0.15, 0.2) is 0 Å². The number of hydrogen-bond donors (Lipinski definition) is 1. The zero-order valence-corrected chi connectivity index (χ0v) is 11.6. The van der Waals surface area contributed by atoms with Crippen molar-refractivity contribution in [1.82, 2.24) is 0 Å². The molecule has 4 heteroatoms. The van der Waals surface area contributed by atoms with Crippen molar-refractivity contribution in [2.24, 2.45) is 5.73 Å². The van der Waals surface area contributed by atoms with E-state index < -0.39 is 0 Å². The minimum Gasteiger partial charge on any atom is -0.497 e. The van der Waals surface area contributed by atoms with Gasteiger partial charge in [0.05, 0.1) is 20.3 Å². The quantitative estimate of drug-likeness (QED) is 0.811. The molecule has 2 unspecified atom stereocenters. The summed E-state index contributed by atoms with van der Waals surface area (Å²) < 4.78 is 15.7. The second-order valence-electron chi connectivity index (χ2n) is 4.38. The van der Waals surface area contributed by atoms with Gasteiger partial charge in [-0.15, -0.1) is 0 Å². The fraction of sp³-hybridized carbons (Fsp3) is 0.571. The summed E-state index contributed by atoms with van der Waals surface area (Å²) in [5.41, 5.74) is 7.20. The van der Waals surface area contributed by atoms with E-state index in [0.717, 1.165) is 29.9 Å². The van der Waals surface area contributed by atoms with Gasteiger partial charge in [-0.05, 0) is 37.5 Å². The monoisotopic (exact) mass is 253 g/mol. The molecule has 1 rings (SSSR count). The first kappa shape index (κ1) is 14.8. The second kappa shape index (κ2) is 7.24. The van der Waals surface area contributed by atoms with Crippen molar-refractivity contribution < 1.29 is 14.2 Å². The molecule has 0 radical (unpaired) electrons. The molecule has 0 heterocycles. The van der Waals surface area contributed by atoms with E-state index in [-0.39, 0.29) is 12.1 Å². The third-order valence-electron chi connectivity index (χ3n) is 3.09. The number of methoxy groups -OCH3 is 3. The van der Waals surface area contributed by atoms with E-state index in [1.54, 1.807) is 21.3 Å². The molecular formula is C14H23NO3.